The molecular formula is C27H24N4O3. The molecule has 0 aliphatic carbocycles. The lowest BCUT2D eigenvalue weighted by Crippen LogP contribution is -2.32. The monoisotopic (exact) mass is 452 g/mol. The molecule has 34 heavy (non-hydrogen) atoms. The Bertz CT molecular complexity index is 1550. The molecule has 0 fully saturated rings. The average Bonchev–Trinajstić information content (AvgIpc) is 3.38. The number of fused-ring (bicyclic) bond motifs is 3. The number of H-pyrrole nitrogens is 2. The summed E-state index contributed by atoms with van der Waals surface area (Å²) in [6.07, 6.45) is 0. The fourth-order valence-electron chi connectivity index (χ4n) is 4.65. The van der Waals surface area contributed by atoms with E-state index in [1.54, 1.807) is 7.11 Å². The highest BCUT2D eigenvalue weighted by molar-refractivity contribution is 5.99. The number of benzene rings is 3. The molecular weight excluding hydrogens is 428 g/mol. The van der Waals surface area contributed by atoms with Crippen LogP contribution in [0.5, 0.6) is 11.5 Å². The van der Waals surface area contributed by atoms with Crippen LogP contribution in [-0.2, 0) is 6.54 Å². The number of hydrogen-bond acceptors (Lipinski definition) is 4. The zero-order valence-corrected chi connectivity index (χ0v) is 19.0. The minimum absolute atomic E-state index is 0.0607. The number of rotatable bonds is 3. The van der Waals surface area contributed by atoms with E-state index in [0.717, 1.165) is 56.0 Å². The van der Waals surface area contributed by atoms with E-state index in [2.05, 4.69) is 39.2 Å². The van der Waals surface area contributed by atoms with Gasteiger partial charge in [-0.3, -0.25) is 4.79 Å². The highest BCUT2D eigenvalue weighted by Crippen LogP contribution is 2.32. The van der Waals surface area contributed by atoms with Gasteiger partial charge < -0.3 is 24.3 Å². The number of hydrogen-bond donors (Lipinski definition) is 2. The van der Waals surface area contributed by atoms with Crippen LogP contribution in [0.25, 0.3) is 33.1 Å². The maximum Gasteiger partial charge on any atom is 0.270 e. The lowest BCUT2D eigenvalue weighted by molar-refractivity contribution is 0.0728. The van der Waals surface area contributed by atoms with Crippen LogP contribution < -0.4 is 9.47 Å². The Hall–Kier alpha value is -4.26. The largest absolute Gasteiger partial charge is 0.495 e. The first-order valence-corrected chi connectivity index (χ1v) is 11.3. The molecule has 0 spiro atoms. The lowest BCUT2D eigenvalue weighted by Gasteiger charge is -2.19. The van der Waals surface area contributed by atoms with Gasteiger partial charge in [0.25, 0.3) is 5.91 Å². The number of amides is 1. The fraction of sp³-hybridized carbons (Fsp3) is 0.185. The van der Waals surface area contributed by atoms with Crippen LogP contribution in [0.2, 0.25) is 0 Å². The highest BCUT2D eigenvalue weighted by atomic mass is 16.5. The van der Waals surface area contributed by atoms with Gasteiger partial charge in [0.05, 0.1) is 30.2 Å². The van der Waals surface area contributed by atoms with Crippen molar-refractivity contribution in [3.63, 3.8) is 0 Å². The summed E-state index contributed by atoms with van der Waals surface area (Å²) < 4.78 is 11.4. The molecule has 0 atom stereocenters. The van der Waals surface area contributed by atoms with E-state index < -0.39 is 0 Å². The highest BCUT2D eigenvalue weighted by Gasteiger charge is 2.23. The van der Waals surface area contributed by atoms with Crippen LogP contribution in [0, 0.1) is 6.92 Å². The van der Waals surface area contributed by atoms with Crippen molar-refractivity contribution in [3.05, 3.63) is 77.7 Å². The molecule has 170 valence electrons. The number of nitrogens with zero attached hydrogens (tertiary/aromatic N) is 2. The minimum Gasteiger partial charge on any atom is -0.495 e. The molecule has 0 bridgehead atoms. The van der Waals surface area contributed by atoms with Gasteiger partial charge >= 0.3 is 0 Å². The molecule has 0 unspecified atom stereocenters. The van der Waals surface area contributed by atoms with Gasteiger partial charge in [0.2, 0.25) is 0 Å². The summed E-state index contributed by atoms with van der Waals surface area (Å²) in [6.45, 7) is 3.38. The fourth-order valence-corrected chi connectivity index (χ4v) is 4.65. The number of aromatic nitrogens is 3. The molecule has 7 heteroatoms. The van der Waals surface area contributed by atoms with E-state index >= 15 is 0 Å². The molecule has 0 radical (unpaired) electrons. The third kappa shape index (κ3) is 3.46. The van der Waals surface area contributed by atoms with Gasteiger partial charge in [0, 0.05) is 17.5 Å². The molecule has 0 saturated heterocycles. The zero-order valence-electron chi connectivity index (χ0n) is 19.0. The quantitative estimate of drug-likeness (QED) is 0.401. The van der Waals surface area contributed by atoms with Gasteiger partial charge in [-0.1, -0.05) is 24.3 Å². The first-order valence-electron chi connectivity index (χ1n) is 11.3. The molecule has 7 nitrogen and oxygen atoms in total. The number of aromatic amines is 2. The Morgan fingerprint density at radius 1 is 1.06 bits per heavy atom. The standard InChI is InChI=1S/C27H24N4O3/c1-16-28-21-8-6-18(13-22(21)29-16)17-7-9-24-20(12-17)15-31(10-11-34-24)27(32)23-14-19-4-3-5-25(33-2)26(19)30-23/h3-9,12-14,30H,10-11,15H2,1-2H3,(H,28,29). The minimum atomic E-state index is -0.0607. The topological polar surface area (TPSA) is 83.2 Å². The summed E-state index contributed by atoms with van der Waals surface area (Å²) in [5.74, 6) is 2.37. The van der Waals surface area contributed by atoms with Crippen LogP contribution in [0.3, 0.4) is 0 Å². The molecule has 0 saturated carbocycles. The summed E-state index contributed by atoms with van der Waals surface area (Å²) in [5, 5.41) is 0.945. The molecule has 2 N–H and O–H groups in total. The smallest absolute Gasteiger partial charge is 0.270 e. The summed E-state index contributed by atoms with van der Waals surface area (Å²) >= 11 is 0. The van der Waals surface area contributed by atoms with E-state index in [0.29, 0.717) is 25.4 Å². The van der Waals surface area contributed by atoms with Crippen molar-refractivity contribution >= 4 is 27.8 Å². The molecule has 5 aromatic rings. The van der Waals surface area contributed by atoms with E-state index in [9.17, 15) is 4.79 Å². The van der Waals surface area contributed by atoms with Gasteiger partial charge in [-0.2, -0.15) is 0 Å². The number of para-hydroxylation sites is 1. The van der Waals surface area contributed by atoms with Crippen molar-refractivity contribution < 1.29 is 14.3 Å². The van der Waals surface area contributed by atoms with Gasteiger partial charge in [0.1, 0.15) is 29.6 Å². The number of imidazole rings is 1. The predicted molar refractivity (Wildman–Crippen MR) is 131 cm³/mol. The van der Waals surface area contributed by atoms with Crippen molar-refractivity contribution in [1.29, 1.82) is 0 Å². The molecule has 6 rings (SSSR count). The number of methoxy groups -OCH3 is 1. The Morgan fingerprint density at radius 3 is 2.79 bits per heavy atom. The first-order chi connectivity index (χ1) is 16.6. The van der Waals surface area contributed by atoms with E-state index in [4.69, 9.17) is 9.47 Å². The second-order valence-corrected chi connectivity index (χ2v) is 8.56. The number of aryl methyl sites for hydroxylation is 1. The van der Waals surface area contributed by atoms with Crippen LogP contribution >= 0.6 is 0 Å². The Kier molecular flexibility index (Phi) is 4.76. The van der Waals surface area contributed by atoms with Crippen LogP contribution in [-0.4, -0.2) is 46.0 Å². The number of nitrogens with one attached hydrogen (secondary N) is 2. The van der Waals surface area contributed by atoms with Crippen molar-refractivity contribution in [2.75, 3.05) is 20.3 Å². The van der Waals surface area contributed by atoms with Gasteiger partial charge in [-0.05, 0) is 54.4 Å². The lowest BCUT2D eigenvalue weighted by atomic mass is 10.0. The van der Waals surface area contributed by atoms with Crippen molar-refractivity contribution in [2.24, 2.45) is 0 Å². The maximum atomic E-state index is 13.4. The van der Waals surface area contributed by atoms with E-state index in [1.807, 2.05) is 48.2 Å². The second kappa shape index (κ2) is 7.95. The molecule has 1 aliphatic rings. The molecule has 3 heterocycles. The van der Waals surface area contributed by atoms with E-state index in [-0.39, 0.29) is 5.91 Å². The van der Waals surface area contributed by atoms with Crippen molar-refractivity contribution in [1.82, 2.24) is 19.9 Å². The molecule has 2 aromatic heterocycles. The SMILES string of the molecule is COc1cccc2cc(C(=O)N3CCOc4ccc(-c5ccc6nc(C)[nH]c6c5)cc4C3)[nH]c12. The van der Waals surface area contributed by atoms with Crippen LogP contribution in [0.1, 0.15) is 21.9 Å². The second-order valence-electron chi connectivity index (χ2n) is 8.56. The van der Waals surface area contributed by atoms with Crippen LogP contribution in [0.15, 0.2) is 60.7 Å². The third-order valence-corrected chi connectivity index (χ3v) is 6.33. The average molecular weight is 453 g/mol. The van der Waals surface area contributed by atoms with E-state index in [1.165, 1.54) is 0 Å². The van der Waals surface area contributed by atoms with Crippen molar-refractivity contribution in [2.45, 2.75) is 13.5 Å². The van der Waals surface area contributed by atoms with Gasteiger partial charge in [-0.15, -0.1) is 0 Å². The summed E-state index contributed by atoms with van der Waals surface area (Å²) in [6, 6.07) is 20.0. The van der Waals surface area contributed by atoms with Crippen LogP contribution in [0.4, 0.5) is 0 Å². The number of carbonyl (C=O) groups excluding carboxylic acids is 1. The molecule has 3 aromatic carbocycles. The van der Waals surface area contributed by atoms with Gasteiger partial charge in [-0.25, -0.2) is 4.98 Å². The Balaban J connectivity index is 1.32. The Labute approximate surface area is 196 Å². The normalized spacial score (nSPS) is 13.5. The maximum absolute atomic E-state index is 13.4. The third-order valence-electron chi connectivity index (χ3n) is 6.33. The molecule has 1 amide bonds. The summed E-state index contributed by atoms with van der Waals surface area (Å²) in [4.78, 5) is 26.3. The molecule has 1 aliphatic heterocycles. The van der Waals surface area contributed by atoms with Crippen molar-refractivity contribution in [3.8, 4) is 22.6 Å². The van der Waals surface area contributed by atoms with Gasteiger partial charge in [0.15, 0.2) is 0 Å². The Morgan fingerprint density at radius 2 is 1.91 bits per heavy atom. The number of carbonyl (C=O) groups is 1. The first kappa shape index (κ1) is 20.4. The summed E-state index contributed by atoms with van der Waals surface area (Å²) in [5.41, 5.74) is 6.46. The summed E-state index contributed by atoms with van der Waals surface area (Å²) in [7, 11) is 1.63. The zero-order chi connectivity index (χ0) is 23.2. The predicted octanol–water partition coefficient (Wildman–Crippen LogP) is 5.06. The number of ether oxygens (including phenoxy) is 2.